The van der Waals surface area contributed by atoms with Crippen LogP contribution in [0.3, 0.4) is 0 Å². The van der Waals surface area contributed by atoms with Crippen molar-refractivity contribution >= 4 is 27.4 Å². The molecule has 8 heteroatoms. The van der Waals surface area contributed by atoms with Crippen LogP contribution in [0.2, 0.25) is 0 Å². The number of rotatable bonds is 6. The molecule has 2 aromatic rings. The molecule has 2 aromatic carbocycles. The highest BCUT2D eigenvalue weighted by molar-refractivity contribution is 7.89. The van der Waals surface area contributed by atoms with Crippen LogP contribution in [-0.2, 0) is 25.1 Å². The molecule has 0 aliphatic rings. The second-order valence-electron chi connectivity index (χ2n) is 5.55. The molecule has 26 heavy (non-hydrogen) atoms. The first-order valence-corrected chi connectivity index (χ1v) is 9.57. The number of sulfone groups is 1. The van der Waals surface area contributed by atoms with E-state index in [1.165, 1.54) is 24.3 Å². The van der Waals surface area contributed by atoms with Crippen LogP contribution < -0.4 is 5.32 Å². The Kier molecular flexibility index (Phi) is 6.09. The second kappa shape index (κ2) is 8.27. The summed E-state index contributed by atoms with van der Waals surface area (Å²) >= 11 is 0. The molecule has 0 bridgehead atoms. The quantitative estimate of drug-likeness (QED) is 0.775. The van der Waals surface area contributed by atoms with Gasteiger partial charge in [-0.05, 0) is 29.8 Å². The summed E-state index contributed by atoms with van der Waals surface area (Å²) in [6.07, 6.45) is 1.12. The lowest BCUT2D eigenvalue weighted by Gasteiger charge is -2.08. The van der Waals surface area contributed by atoms with Crippen LogP contribution in [0.1, 0.15) is 21.5 Å². The Bertz CT molecular complexity index is 960. The van der Waals surface area contributed by atoms with E-state index < -0.39 is 28.3 Å². The summed E-state index contributed by atoms with van der Waals surface area (Å²) in [5, 5.41) is 11.5. The van der Waals surface area contributed by atoms with Crippen molar-refractivity contribution in [3.8, 4) is 6.07 Å². The molecule has 0 heterocycles. The molecule has 0 saturated carbocycles. The van der Waals surface area contributed by atoms with Crippen LogP contribution >= 0.6 is 0 Å². The number of nitrogens with zero attached hydrogens (tertiary/aromatic N) is 1. The fourth-order valence-corrected chi connectivity index (χ4v) is 2.93. The van der Waals surface area contributed by atoms with Crippen molar-refractivity contribution in [1.82, 2.24) is 0 Å². The third-order valence-corrected chi connectivity index (χ3v) is 4.13. The molecule has 2 rings (SSSR count). The minimum absolute atomic E-state index is 0.122. The molecule has 0 aromatic heterocycles. The third kappa shape index (κ3) is 5.72. The van der Waals surface area contributed by atoms with Gasteiger partial charge in [-0.3, -0.25) is 4.79 Å². The van der Waals surface area contributed by atoms with Gasteiger partial charge in [-0.25, -0.2) is 13.2 Å². The number of hydrogen-bond donors (Lipinski definition) is 1. The van der Waals surface area contributed by atoms with Gasteiger partial charge >= 0.3 is 5.97 Å². The molecule has 0 atom stereocenters. The van der Waals surface area contributed by atoms with E-state index in [1.54, 1.807) is 24.3 Å². The van der Waals surface area contributed by atoms with Gasteiger partial charge in [0, 0.05) is 6.26 Å². The SMILES string of the molecule is CS(=O)(=O)Cc1ccc(C(=O)OCC(=O)Nc2ccccc2C#N)cc1. The zero-order chi connectivity index (χ0) is 19.2. The van der Waals surface area contributed by atoms with Gasteiger partial charge in [0.1, 0.15) is 6.07 Å². The molecule has 7 nitrogen and oxygen atoms in total. The number of nitriles is 1. The average molecular weight is 372 g/mol. The number of carbonyl (C=O) groups excluding carboxylic acids is 2. The Balaban J connectivity index is 1.92. The topological polar surface area (TPSA) is 113 Å². The minimum atomic E-state index is -3.16. The van der Waals surface area contributed by atoms with Gasteiger partial charge in [-0.2, -0.15) is 5.26 Å². The zero-order valence-electron chi connectivity index (χ0n) is 13.9. The zero-order valence-corrected chi connectivity index (χ0v) is 14.7. The van der Waals surface area contributed by atoms with Crippen LogP contribution in [0.5, 0.6) is 0 Å². The van der Waals surface area contributed by atoms with E-state index in [0.717, 1.165) is 6.26 Å². The van der Waals surface area contributed by atoms with Crippen molar-refractivity contribution in [3.05, 3.63) is 65.2 Å². The van der Waals surface area contributed by atoms with Crippen molar-refractivity contribution in [2.75, 3.05) is 18.2 Å². The Morgan fingerprint density at radius 2 is 1.77 bits per heavy atom. The summed E-state index contributed by atoms with van der Waals surface area (Å²) in [7, 11) is -3.16. The van der Waals surface area contributed by atoms with Gasteiger partial charge in [0.05, 0.1) is 22.6 Å². The first-order valence-electron chi connectivity index (χ1n) is 7.51. The molecule has 0 spiro atoms. The van der Waals surface area contributed by atoms with Gasteiger partial charge in [0.2, 0.25) is 0 Å². The summed E-state index contributed by atoms with van der Waals surface area (Å²) in [5.41, 5.74) is 1.39. The van der Waals surface area contributed by atoms with Crippen molar-refractivity contribution in [2.45, 2.75) is 5.75 Å². The lowest BCUT2D eigenvalue weighted by Crippen LogP contribution is -2.21. The number of esters is 1. The molecular weight excluding hydrogens is 356 g/mol. The predicted molar refractivity (Wildman–Crippen MR) is 95.1 cm³/mol. The van der Waals surface area contributed by atoms with E-state index in [4.69, 9.17) is 10.00 Å². The lowest BCUT2D eigenvalue weighted by molar-refractivity contribution is -0.119. The number of benzene rings is 2. The van der Waals surface area contributed by atoms with Crippen LogP contribution in [0.4, 0.5) is 5.69 Å². The molecule has 0 radical (unpaired) electrons. The fourth-order valence-electron chi connectivity index (χ4n) is 2.13. The smallest absolute Gasteiger partial charge is 0.338 e. The summed E-state index contributed by atoms with van der Waals surface area (Å²) < 4.78 is 27.4. The van der Waals surface area contributed by atoms with Crippen LogP contribution in [-0.4, -0.2) is 33.2 Å². The van der Waals surface area contributed by atoms with Crippen LogP contribution in [0.15, 0.2) is 48.5 Å². The van der Waals surface area contributed by atoms with Crippen LogP contribution in [0.25, 0.3) is 0 Å². The number of anilines is 1. The lowest BCUT2D eigenvalue weighted by atomic mass is 10.1. The fraction of sp³-hybridized carbons (Fsp3) is 0.167. The monoisotopic (exact) mass is 372 g/mol. The molecular formula is C18H16N2O5S. The van der Waals surface area contributed by atoms with Gasteiger partial charge < -0.3 is 10.1 Å². The summed E-state index contributed by atoms with van der Waals surface area (Å²) in [6.45, 7) is -0.510. The first kappa shape index (κ1) is 19.1. The number of amides is 1. The number of para-hydroxylation sites is 1. The standard InChI is InChI=1S/C18H16N2O5S/c1-26(23,24)12-13-6-8-14(9-7-13)18(22)25-11-17(21)20-16-5-3-2-4-15(16)10-19/h2-9H,11-12H2,1H3,(H,20,21). The molecule has 0 aliphatic carbocycles. The molecule has 0 saturated heterocycles. The maximum Gasteiger partial charge on any atom is 0.338 e. The number of carbonyl (C=O) groups is 2. The third-order valence-electron chi connectivity index (χ3n) is 3.27. The summed E-state index contributed by atoms with van der Waals surface area (Å²) in [4.78, 5) is 23.8. The van der Waals surface area contributed by atoms with Crippen molar-refractivity contribution in [2.24, 2.45) is 0 Å². The molecule has 1 N–H and O–H groups in total. The largest absolute Gasteiger partial charge is 0.452 e. The van der Waals surface area contributed by atoms with Gasteiger partial charge in [0.15, 0.2) is 16.4 Å². The Morgan fingerprint density at radius 1 is 1.12 bits per heavy atom. The van der Waals surface area contributed by atoms with E-state index in [9.17, 15) is 18.0 Å². The molecule has 1 amide bonds. The summed E-state index contributed by atoms with van der Waals surface area (Å²) in [5.74, 6) is -1.40. The minimum Gasteiger partial charge on any atom is -0.452 e. The Morgan fingerprint density at radius 3 is 2.38 bits per heavy atom. The van der Waals surface area contributed by atoms with Crippen molar-refractivity contribution in [3.63, 3.8) is 0 Å². The van der Waals surface area contributed by atoms with E-state index in [-0.39, 0.29) is 11.3 Å². The van der Waals surface area contributed by atoms with E-state index >= 15 is 0 Å². The molecule has 0 aliphatic heterocycles. The number of hydrogen-bond acceptors (Lipinski definition) is 6. The summed E-state index contributed by atoms with van der Waals surface area (Å²) in [6, 6.07) is 14.3. The van der Waals surface area contributed by atoms with Gasteiger partial charge in [-0.1, -0.05) is 24.3 Å². The van der Waals surface area contributed by atoms with E-state index in [2.05, 4.69) is 5.32 Å². The number of nitrogens with one attached hydrogen (secondary N) is 1. The highest BCUT2D eigenvalue weighted by Gasteiger charge is 2.12. The molecule has 0 unspecified atom stereocenters. The second-order valence-corrected chi connectivity index (χ2v) is 7.69. The van der Waals surface area contributed by atoms with Gasteiger partial charge in [-0.15, -0.1) is 0 Å². The van der Waals surface area contributed by atoms with Gasteiger partial charge in [0.25, 0.3) is 5.91 Å². The average Bonchev–Trinajstić information content (AvgIpc) is 2.59. The maximum absolute atomic E-state index is 11.9. The Hall–Kier alpha value is -3.18. The first-order chi connectivity index (χ1) is 12.3. The highest BCUT2D eigenvalue weighted by atomic mass is 32.2. The normalized spacial score (nSPS) is 10.6. The highest BCUT2D eigenvalue weighted by Crippen LogP contribution is 2.13. The molecule has 0 fully saturated rings. The Labute approximate surface area is 151 Å². The van der Waals surface area contributed by atoms with Crippen LogP contribution in [0, 0.1) is 11.3 Å². The van der Waals surface area contributed by atoms with Crippen molar-refractivity contribution in [1.29, 1.82) is 5.26 Å². The maximum atomic E-state index is 11.9. The predicted octanol–water partition coefficient (Wildman–Crippen LogP) is 1.90. The van der Waals surface area contributed by atoms with Crippen molar-refractivity contribution < 1.29 is 22.7 Å². The number of ether oxygens (including phenoxy) is 1. The van der Waals surface area contributed by atoms with E-state index in [0.29, 0.717) is 16.8 Å². The van der Waals surface area contributed by atoms with E-state index in [1.807, 2.05) is 6.07 Å². The molecule has 134 valence electrons.